The van der Waals surface area contributed by atoms with Gasteiger partial charge in [0.05, 0.1) is 10.9 Å². The van der Waals surface area contributed by atoms with Crippen molar-refractivity contribution in [2.24, 2.45) is 0 Å². The summed E-state index contributed by atoms with van der Waals surface area (Å²) >= 11 is 0. The van der Waals surface area contributed by atoms with Gasteiger partial charge in [0.1, 0.15) is 12.4 Å². The van der Waals surface area contributed by atoms with E-state index in [1.165, 1.54) is 19.1 Å². The summed E-state index contributed by atoms with van der Waals surface area (Å²) in [5.74, 6) is 0.564. The maximum atomic E-state index is 12.5. The van der Waals surface area contributed by atoms with E-state index >= 15 is 0 Å². The van der Waals surface area contributed by atoms with Crippen molar-refractivity contribution in [2.75, 3.05) is 11.9 Å². The van der Waals surface area contributed by atoms with E-state index in [2.05, 4.69) is 10.0 Å². The summed E-state index contributed by atoms with van der Waals surface area (Å²) in [5, 5.41) is 2.60. The topological polar surface area (TPSA) is 84.5 Å². The molecule has 1 atom stereocenters. The van der Waals surface area contributed by atoms with Gasteiger partial charge in [-0.05, 0) is 56.2 Å². The number of ether oxygens (including phenoxy) is 1. The van der Waals surface area contributed by atoms with Crippen LogP contribution in [0.3, 0.4) is 0 Å². The number of hydrogen-bond acceptors (Lipinski definition) is 4. The molecule has 0 saturated heterocycles. The Kier molecular flexibility index (Phi) is 6.39. The van der Waals surface area contributed by atoms with Gasteiger partial charge >= 0.3 is 0 Å². The molecule has 6 nitrogen and oxygen atoms in total. The fraction of sp³-hybridized carbons (Fsp3) is 0.316. The molecule has 1 amide bonds. The van der Waals surface area contributed by atoms with Crippen LogP contribution < -0.4 is 14.8 Å². The van der Waals surface area contributed by atoms with E-state index in [0.717, 1.165) is 16.9 Å². The zero-order valence-corrected chi connectivity index (χ0v) is 16.2. The van der Waals surface area contributed by atoms with Crippen molar-refractivity contribution >= 4 is 21.6 Å². The van der Waals surface area contributed by atoms with Gasteiger partial charge in [-0.2, -0.15) is 0 Å². The van der Waals surface area contributed by atoms with Crippen LogP contribution in [0.2, 0.25) is 0 Å². The Morgan fingerprint density at radius 3 is 2.19 bits per heavy atom. The van der Waals surface area contributed by atoms with E-state index in [0.29, 0.717) is 5.69 Å². The number of amides is 1. The highest BCUT2D eigenvalue weighted by Gasteiger charge is 2.18. The second-order valence-electron chi connectivity index (χ2n) is 6.26. The molecule has 2 N–H and O–H groups in total. The van der Waals surface area contributed by atoms with Gasteiger partial charge in [-0.15, -0.1) is 0 Å². The van der Waals surface area contributed by atoms with Crippen LogP contribution >= 0.6 is 0 Å². The first-order chi connectivity index (χ1) is 12.2. The molecule has 0 spiro atoms. The van der Waals surface area contributed by atoms with Crippen LogP contribution in [0.25, 0.3) is 0 Å². The number of anilines is 1. The Morgan fingerprint density at radius 1 is 1.08 bits per heavy atom. The van der Waals surface area contributed by atoms with Crippen LogP contribution in [0.4, 0.5) is 5.69 Å². The first-order valence-electron chi connectivity index (χ1n) is 8.28. The summed E-state index contributed by atoms with van der Waals surface area (Å²) in [4.78, 5) is 11.2. The van der Waals surface area contributed by atoms with Crippen LogP contribution in [-0.4, -0.2) is 27.0 Å². The molecule has 2 aromatic carbocycles. The molecule has 2 aromatic rings. The lowest BCUT2D eigenvalue weighted by atomic mass is 10.1. The number of nitrogens with one attached hydrogen (secondary N) is 2. The second kappa shape index (κ2) is 8.33. The van der Waals surface area contributed by atoms with Crippen molar-refractivity contribution in [2.45, 2.75) is 38.6 Å². The minimum absolute atomic E-state index is 0.130. The normalized spacial score (nSPS) is 12.5. The van der Waals surface area contributed by atoms with Crippen LogP contribution in [-0.2, 0) is 14.8 Å². The van der Waals surface area contributed by atoms with Crippen molar-refractivity contribution in [3.05, 3.63) is 53.6 Å². The van der Waals surface area contributed by atoms with Gasteiger partial charge in [-0.3, -0.25) is 4.79 Å². The maximum Gasteiger partial charge on any atom is 0.240 e. The van der Waals surface area contributed by atoms with Crippen LogP contribution in [0, 0.1) is 13.8 Å². The SMILES string of the molecule is CC(=O)Nc1ccc(S(=O)(=O)NC(C)COc2c(C)cccc2C)cc1. The van der Waals surface area contributed by atoms with Crippen molar-refractivity contribution < 1.29 is 17.9 Å². The summed E-state index contributed by atoms with van der Waals surface area (Å²) in [7, 11) is -3.67. The van der Waals surface area contributed by atoms with E-state index < -0.39 is 16.1 Å². The fourth-order valence-corrected chi connectivity index (χ4v) is 3.75. The third-order valence-corrected chi connectivity index (χ3v) is 5.33. The zero-order valence-electron chi connectivity index (χ0n) is 15.4. The molecule has 7 heteroatoms. The Labute approximate surface area is 154 Å². The van der Waals surface area contributed by atoms with Crippen LogP contribution in [0.5, 0.6) is 5.75 Å². The zero-order chi connectivity index (χ0) is 19.3. The van der Waals surface area contributed by atoms with Crippen LogP contribution in [0.15, 0.2) is 47.4 Å². The molecular formula is C19H24N2O4S. The monoisotopic (exact) mass is 376 g/mol. The Hall–Kier alpha value is -2.38. The summed E-state index contributed by atoms with van der Waals surface area (Å²) < 4.78 is 33.3. The van der Waals surface area contributed by atoms with E-state index in [9.17, 15) is 13.2 Å². The molecule has 140 valence electrons. The Balaban J connectivity index is 2.00. The van der Waals surface area contributed by atoms with Gasteiger partial charge < -0.3 is 10.1 Å². The number of carbonyl (C=O) groups is 1. The van der Waals surface area contributed by atoms with E-state index in [1.54, 1.807) is 19.1 Å². The fourth-order valence-electron chi connectivity index (χ4n) is 2.52. The summed E-state index contributed by atoms with van der Waals surface area (Å²) in [6.07, 6.45) is 0. The summed E-state index contributed by atoms with van der Waals surface area (Å²) in [5.41, 5.74) is 2.56. The predicted octanol–water partition coefficient (Wildman–Crippen LogP) is 3.01. The number of aryl methyl sites for hydroxylation is 2. The summed E-state index contributed by atoms with van der Waals surface area (Å²) in [6.45, 7) is 7.26. The molecule has 0 aromatic heterocycles. The van der Waals surface area contributed by atoms with Gasteiger partial charge in [-0.1, -0.05) is 18.2 Å². The van der Waals surface area contributed by atoms with Gasteiger partial charge in [0.15, 0.2) is 0 Å². The average molecular weight is 376 g/mol. The lowest BCUT2D eigenvalue weighted by Crippen LogP contribution is -2.36. The summed E-state index contributed by atoms with van der Waals surface area (Å²) in [6, 6.07) is 11.4. The van der Waals surface area contributed by atoms with Gasteiger partial charge in [0, 0.05) is 12.6 Å². The highest BCUT2D eigenvalue weighted by molar-refractivity contribution is 7.89. The molecule has 0 saturated carbocycles. The maximum absolute atomic E-state index is 12.5. The molecule has 26 heavy (non-hydrogen) atoms. The largest absolute Gasteiger partial charge is 0.491 e. The van der Waals surface area contributed by atoms with E-state index in [-0.39, 0.29) is 17.4 Å². The minimum atomic E-state index is -3.67. The molecular weight excluding hydrogens is 352 g/mol. The molecule has 1 unspecified atom stereocenters. The molecule has 0 aliphatic heterocycles. The number of benzene rings is 2. The standard InChI is InChI=1S/C19H24N2O4S/c1-13-6-5-7-14(2)19(13)25-12-15(3)21-26(23,24)18-10-8-17(9-11-18)20-16(4)22/h5-11,15,21H,12H2,1-4H3,(H,20,22). The van der Waals surface area contributed by atoms with Crippen molar-refractivity contribution in [1.29, 1.82) is 0 Å². The number of para-hydroxylation sites is 1. The number of carbonyl (C=O) groups excluding carboxylic acids is 1. The second-order valence-corrected chi connectivity index (χ2v) is 7.97. The van der Waals surface area contributed by atoms with Gasteiger partial charge in [0.2, 0.25) is 15.9 Å². The van der Waals surface area contributed by atoms with Crippen molar-refractivity contribution in [1.82, 2.24) is 4.72 Å². The number of hydrogen-bond donors (Lipinski definition) is 2. The molecule has 0 heterocycles. The van der Waals surface area contributed by atoms with Gasteiger partial charge in [0.25, 0.3) is 0 Å². The number of sulfonamides is 1. The van der Waals surface area contributed by atoms with Gasteiger partial charge in [-0.25, -0.2) is 13.1 Å². The predicted molar refractivity (Wildman–Crippen MR) is 102 cm³/mol. The third-order valence-electron chi connectivity index (χ3n) is 3.73. The molecule has 0 aliphatic carbocycles. The number of rotatable bonds is 7. The minimum Gasteiger partial charge on any atom is -0.491 e. The molecule has 0 aliphatic rings. The van der Waals surface area contributed by atoms with E-state index in [4.69, 9.17) is 4.74 Å². The highest BCUT2D eigenvalue weighted by Crippen LogP contribution is 2.22. The van der Waals surface area contributed by atoms with E-state index in [1.807, 2.05) is 32.0 Å². The smallest absolute Gasteiger partial charge is 0.240 e. The molecule has 0 bridgehead atoms. The quantitative estimate of drug-likeness (QED) is 0.778. The molecule has 0 fully saturated rings. The lowest BCUT2D eigenvalue weighted by Gasteiger charge is -2.17. The third kappa shape index (κ3) is 5.31. The lowest BCUT2D eigenvalue weighted by molar-refractivity contribution is -0.114. The van der Waals surface area contributed by atoms with Crippen molar-refractivity contribution in [3.63, 3.8) is 0 Å². The molecule has 2 rings (SSSR count). The molecule has 0 radical (unpaired) electrons. The first-order valence-corrected chi connectivity index (χ1v) is 9.76. The van der Waals surface area contributed by atoms with Crippen LogP contribution in [0.1, 0.15) is 25.0 Å². The van der Waals surface area contributed by atoms with Crippen molar-refractivity contribution in [3.8, 4) is 5.75 Å². The Bertz CT molecular complexity index is 857. The average Bonchev–Trinajstić information content (AvgIpc) is 2.54. The Morgan fingerprint density at radius 2 is 1.65 bits per heavy atom. The first kappa shape index (κ1) is 19.9. The highest BCUT2D eigenvalue weighted by atomic mass is 32.2.